The molecule has 7 rings (SSSR count). The number of carbonyl (C=O) groups is 4. The summed E-state index contributed by atoms with van der Waals surface area (Å²) in [5, 5.41) is 65.9. The van der Waals surface area contributed by atoms with Crippen molar-refractivity contribution in [1.82, 2.24) is 0 Å². The third-order valence-electron chi connectivity index (χ3n) is 8.58. The number of esters is 2. The van der Waals surface area contributed by atoms with E-state index in [2.05, 4.69) is 4.74 Å². The summed E-state index contributed by atoms with van der Waals surface area (Å²) in [6.07, 6.45) is 1.55. The number of aryl methyl sites for hydroxylation is 1. The fourth-order valence-corrected chi connectivity index (χ4v) is 6.84. The van der Waals surface area contributed by atoms with Crippen molar-refractivity contribution in [2.45, 2.75) is 32.3 Å². The van der Waals surface area contributed by atoms with Crippen LogP contribution >= 0.6 is 0 Å². The minimum Gasteiger partial charge on any atom is -0.507 e. The van der Waals surface area contributed by atoms with Crippen LogP contribution in [0.2, 0.25) is 0 Å². The average Bonchev–Trinajstić information content (AvgIpc) is 3.18. The second-order valence-corrected chi connectivity index (χ2v) is 11.2. The lowest BCUT2D eigenvalue weighted by molar-refractivity contribution is -0.152. The summed E-state index contributed by atoms with van der Waals surface area (Å²) in [4.78, 5) is 52.9. The zero-order valence-corrected chi connectivity index (χ0v) is 24.0. The molecule has 0 saturated carbocycles. The van der Waals surface area contributed by atoms with E-state index in [0.29, 0.717) is 5.56 Å². The first-order valence-corrected chi connectivity index (χ1v) is 13.7. The first kappa shape index (κ1) is 29.3. The molecule has 1 spiro atoms. The first-order valence-electron chi connectivity index (χ1n) is 13.7. The summed E-state index contributed by atoms with van der Waals surface area (Å²) in [6.45, 7) is 2.85. The maximum atomic E-state index is 14.2. The van der Waals surface area contributed by atoms with Gasteiger partial charge in [0, 0.05) is 18.1 Å². The Morgan fingerprint density at radius 1 is 0.889 bits per heavy atom. The van der Waals surface area contributed by atoms with Crippen molar-refractivity contribution in [1.29, 1.82) is 0 Å². The fourth-order valence-electron chi connectivity index (χ4n) is 6.84. The highest BCUT2D eigenvalue weighted by Gasteiger charge is 2.58. The maximum absolute atomic E-state index is 14.2. The number of methoxy groups -OCH3 is 1. The van der Waals surface area contributed by atoms with E-state index in [1.807, 2.05) is 0 Å². The molecule has 45 heavy (non-hydrogen) atoms. The van der Waals surface area contributed by atoms with Gasteiger partial charge in [-0.1, -0.05) is 18.2 Å². The summed E-state index contributed by atoms with van der Waals surface area (Å²) >= 11 is 0. The van der Waals surface area contributed by atoms with Crippen LogP contribution in [0.1, 0.15) is 73.0 Å². The van der Waals surface area contributed by atoms with E-state index in [-0.39, 0.29) is 40.0 Å². The molecule has 3 aromatic carbocycles. The van der Waals surface area contributed by atoms with Gasteiger partial charge in [0.2, 0.25) is 5.78 Å². The molecule has 12 heteroatoms. The Morgan fingerprint density at radius 2 is 1.56 bits per heavy atom. The average molecular weight is 615 g/mol. The second kappa shape index (κ2) is 9.88. The minimum absolute atomic E-state index is 0.0940. The Hall–Kier alpha value is -5.78. The van der Waals surface area contributed by atoms with Crippen LogP contribution in [-0.4, -0.2) is 61.3 Å². The molecule has 6 N–H and O–H groups in total. The van der Waals surface area contributed by atoms with Gasteiger partial charge >= 0.3 is 11.9 Å². The normalized spacial score (nSPS) is 21.0. The Kier molecular flexibility index (Phi) is 6.43. The summed E-state index contributed by atoms with van der Waals surface area (Å²) in [5.41, 5.74) is -3.24. The lowest BCUT2D eigenvalue weighted by Crippen LogP contribution is -2.42. The molecule has 0 saturated heterocycles. The van der Waals surface area contributed by atoms with Gasteiger partial charge in [-0.05, 0) is 48.7 Å². The smallest absolute Gasteiger partial charge is 0.342 e. The predicted molar refractivity (Wildman–Crippen MR) is 154 cm³/mol. The monoisotopic (exact) mass is 614 g/mol. The zero-order chi connectivity index (χ0) is 32.7. The molecule has 230 valence electrons. The van der Waals surface area contributed by atoms with E-state index < -0.39 is 86.4 Å². The van der Waals surface area contributed by atoms with E-state index in [4.69, 9.17) is 4.74 Å². The van der Waals surface area contributed by atoms with Gasteiger partial charge in [0.25, 0.3) is 0 Å². The lowest BCUT2D eigenvalue weighted by Gasteiger charge is -2.44. The van der Waals surface area contributed by atoms with Crippen molar-refractivity contribution in [3.63, 3.8) is 0 Å². The number of Topliss-reactive ketones (excluding diaryl/α,β-unsaturated/α-hetero) is 1. The number of aliphatic hydroxyl groups excluding tert-OH is 1. The molecular formula is C33H26O12. The minimum atomic E-state index is -1.55. The molecule has 0 heterocycles. The van der Waals surface area contributed by atoms with Crippen LogP contribution in [0.4, 0.5) is 0 Å². The highest BCUT2D eigenvalue weighted by molar-refractivity contribution is 6.20. The topological polar surface area (TPSA) is 208 Å². The van der Waals surface area contributed by atoms with Crippen LogP contribution in [-0.2, 0) is 25.5 Å². The van der Waals surface area contributed by atoms with Gasteiger partial charge in [-0.3, -0.25) is 14.4 Å². The number of aliphatic hydroxyl groups is 1. The number of aromatic hydroxyl groups is 5. The Bertz CT molecular complexity index is 1970. The van der Waals surface area contributed by atoms with Gasteiger partial charge in [0.05, 0.1) is 35.1 Å². The highest BCUT2D eigenvalue weighted by Crippen LogP contribution is 2.62. The number of fused-ring (bicyclic) bond motifs is 1. The van der Waals surface area contributed by atoms with Crippen molar-refractivity contribution in [3.05, 3.63) is 92.6 Å². The SMILES string of the molecule is COC(=O)c1c(O)ccc(O)c1C(=O)c1c(O)cc2c(c1O)[C@H]1C=C[C@]3(C2)C(=C(O)c2c(O)cc(C)cc2[C@@H]3OC(C)=O)C1=O. The van der Waals surface area contributed by atoms with Crippen LogP contribution in [0.25, 0.3) is 5.76 Å². The number of carbonyl (C=O) groups excluding carboxylic acids is 4. The van der Waals surface area contributed by atoms with E-state index in [9.17, 15) is 49.8 Å². The second-order valence-electron chi connectivity index (χ2n) is 11.2. The maximum Gasteiger partial charge on any atom is 0.342 e. The van der Waals surface area contributed by atoms with Crippen molar-refractivity contribution >= 4 is 29.3 Å². The van der Waals surface area contributed by atoms with Gasteiger partial charge in [-0.2, -0.15) is 0 Å². The van der Waals surface area contributed by atoms with Crippen LogP contribution in [0, 0.1) is 12.3 Å². The number of hydrogen-bond donors (Lipinski definition) is 6. The molecule has 0 radical (unpaired) electrons. The van der Waals surface area contributed by atoms with Crippen molar-refractivity contribution in [2.24, 2.45) is 5.41 Å². The number of ketones is 2. The number of rotatable bonds is 4. The van der Waals surface area contributed by atoms with E-state index >= 15 is 0 Å². The Labute approximate surface area is 254 Å². The summed E-state index contributed by atoms with van der Waals surface area (Å²) in [6, 6.07) is 6.00. The van der Waals surface area contributed by atoms with E-state index in [0.717, 1.165) is 25.3 Å². The van der Waals surface area contributed by atoms with E-state index in [1.165, 1.54) is 19.1 Å². The summed E-state index contributed by atoms with van der Waals surface area (Å²) < 4.78 is 10.4. The lowest BCUT2D eigenvalue weighted by atomic mass is 9.61. The number of hydrogen-bond acceptors (Lipinski definition) is 12. The van der Waals surface area contributed by atoms with Crippen LogP contribution < -0.4 is 0 Å². The number of phenolic OH excluding ortho intramolecular Hbond substituents is 5. The molecule has 3 aromatic rings. The molecule has 0 aliphatic heterocycles. The molecule has 0 unspecified atom stereocenters. The molecule has 0 aromatic heterocycles. The molecular weight excluding hydrogens is 588 g/mol. The largest absolute Gasteiger partial charge is 0.507 e. The van der Waals surface area contributed by atoms with Crippen molar-refractivity contribution in [3.8, 4) is 28.7 Å². The quantitative estimate of drug-likeness (QED) is 0.107. The molecule has 2 bridgehead atoms. The molecule has 12 nitrogen and oxygen atoms in total. The summed E-state index contributed by atoms with van der Waals surface area (Å²) in [5.74, 6) is -9.23. The number of ether oxygens (including phenoxy) is 2. The molecule has 4 aliphatic carbocycles. The summed E-state index contributed by atoms with van der Waals surface area (Å²) in [7, 11) is 0.983. The van der Waals surface area contributed by atoms with Gasteiger partial charge in [-0.25, -0.2) is 4.79 Å². The Balaban J connectivity index is 1.61. The zero-order valence-electron chi connectivity index (χ0n) is 24.0. The van der Waals surface area contributed by atoms with Crippen molar-refractivity contribution in [2.75, 3.05) is 7.11 Å². The van der Waals surface area contributed by atoms with Crippen LogP contribution in [0.15, 0.2) is 48.1 Å². The predicted octanol–water partition coefficient (Wildman–Crippen LogP) is 3.89. The third kappa shape index (κ3) is 3.98. The first-order chi connectivity index (χ1) is 21.2. The Morgan fingerprint density at radius 3 is 2.20 bits per heavy atom. The van der Waals surface area contributed by atoms with Gasteiger partial charge in [0.1, 0.15) is 51.7 Å². The third-order valence-corrected chi connectivity index (χ3v) is 8.58. The number of phenols is 5. The van der Waals surface area contributed by atoms with Crippen molar-refractivity contribution < 1.29 is 59.3 Å². The molecule has 4 aliphatic rings. The van der Waals surface area contributed by atoms with Gasteiger partial charge < -0.3 is 40.1 Å². The molecule has 3 atom stereocenters. The number of allylic oxidation sites excluding steroid dienone is 1. The van der Waals surface area contributed by atoms with Crippen LogP contribution in [0.5, 0.6) is 28.7 Å². The molecule has 0 amide bonds. The van der Waals surface area contributed by atoms with Gasteiger partial charge in [-0.15, -0.1) is 0 Å². The van der Waals surface area contributed by atoms with E-state index in [1.54, 1.807) is 19.1 Å². The van der Waals surface area contributed by atoms with Gasteiger partial charge in [0.15, 0.2) is 5.78 Å². The molecule has 0 fully saturated rings. The number of benzene rings is 3. The highest BCUT2D eigenvalue weighted by atomic mass is 16.5. The standard InChI is InChI=1S/C33H26O12/c1-12-8-16-22(19(37)9-12)30(42)26-27(39)15-6-7-33(26,31(16)45-13(2)34)11-14-10-20(38)25(28(40)21(14)15)29(41)23-17(35)4-5-18(36)24(23)32(43)44-3/h4-10,15,31,35-38,40,42H,11H2,1-3H3/t15-,31+,33+/m1/s1. The fraction of sp³-hybridized carbons (Fsp3) is 0.212. The van der Waals surface area contributed by atoms with Crippen LogP contribution in [0.3, 0.4) is 0 Å².